The Bertz CT molecular complexity index is 455. The highest BCUT2D eigenvalue weighted by atomic mass is 16.2. The molecule has 0 unspecified atom stereocenters. The van der Waals surface area contributed by atoms with E-state index in [1.165, 1.54) is 11.1 Å². The molecular formula is C16H26N4O. The van der Waals surface area contributed by atoms with Crippen molar-refractivity contribution in [2.45, 2.75) is 13.1 Å². The number of nitrogens with zero attached hydrogens (tertiary/aromatic N) is 2. The Labute approximate surface area is 127 Å². The van der Waals surface area contributed by atoms with Crippen molar-refractivity contribution in [2.24, 2.45) is 0 Å². The van der Waals surface area contributed by atoms with Crippen molar-refractivity contribution >= 4 is 5.91 Å². The Morgan fingerprint density at radius 2 is 1.90 bits per heavy atom. The van der Waals surface area contributed by atoms with Crippen LogP contribution < -0.4 is 10.6 Å². The third kappa shape index (κ3) is 5.46. The maximum atomic E-state index is 12.0. The average Bonchev–Trinajstić information content (AvgIpc) is 2.47. The maximum Gasteiger partial charge on any atom is 0.234 e. The molecule has 0 spiro atoms. The standard InChI is InChI=1S/C16H26N4O/c1-19(2)12-15-6-4-3-5-14(15)11-18-16(21)13-20-9-7-17-8-10-20/h3-6,17H,7-13H2,1-2H3,(H,18,21). The number of rotatable bonds is 6. The third-order valence-electron chi connectivity index (χ3n) is 3.66. The third-order valence-corrected chi connectivity index (χ3v) is 3.66. The van der Waals surface area contributed by atoms with Crippen LogP contribution in [0.5, 0.6) is 0 Å². The molecular weight excluding hydrogens is 264 g/mol. The van der Waals surface area contributed by atoms with Crippen molar-refractivity contribution in [1.29, 1.82) is 0 Å². The molecule has 1 aromatic rings. The highest BCUT2D eigenvalue weighted by Gasteiger charge is 2.13. The van der Waals surface area contributed by atoms with E-state index in [0.717, 1.165) is 32.7 Å². The van der Waals surface area contributed by atoms with Gasteiger partial charge in [-0.05, 0) is 25.2 Å². The first-order chi connectivity index (χ1) is 10.1. The van der Waals surface area contributed by atoms with Crippen molar-refractivity contribution in [1.82, 2.24) is 20.4 Å². The number of carbonyl (C=O) groups is 1. The molecule has 1 aliphatic heterocycles. The first-order valence-corrected chi connectivity index (χ1v) is 7.56. The zero-order valence-corrected chi connectivity index (χ0v) is 13.1. The smallest absolute Gasteiger partial charge is 0.234 e. The molecule has 0 radical (unpaired) electrons. The van der Waals surface area contributed by atoms with Crippen LogP contribution in [0.15, 0.2) is 24.3 Å². The summed E-state index contributed by atoms with van der Waals surface area (Å²) in [6.07, 6.45) is 0. The van der Waals surface area contributed by atoms with Gasteiger partial charge in [-0.15, -0.1) is 0 Å². The van der Waals surface area contributed by atoms with Crippen LogP contribution >= 0.6 is 0 Å². The lowest BCUT2D eigenvalue weighted by molar-refractivity contribution is -0.122. The molecule has 0 bridgehead atoms. The predicted octanol–water partition coefficient (Wildman–Crippen LogP) is 0.270. The number of hydrogen-bond donors (Lipinski definition) is 2. The van der Waals surface area contributed by atoms with E-state index in [-0.39, 0.29) is 5.91 Å². The largest absolute Gasteiger partial charge is 0.351 e. The Morgan fingerprint density at radius 1 is 1.24 bits per heavy atom. The number of amides is 1. The van der Waals surface area contributed by atoms with Gasteiger partial charge in [-0.1, -0.05) is 24.3 Å². The highest BCUT2D eigenvalue weighted by Crippen LogP contribution is 2.10. The molecule has 0 aromatic heterocycles. The Hall–Kier alpha value is -1.43. The van der Waals surface area contributed by atoms with Crippen LogP contribution in [0, 0.1) is 0 Å². The molecule has 2 rings (SSSR count). The van der Waals surface area contributed by atoms with Gasteiger partial charge in [0.2, 0.25) is 5.91 Å². The summed E-state index contributed by atoms with van der Waals surface area (Å²) in [5.74, 6) is 0.108. The molecule has 116 valence electrons. The Balaban J connectivity index is 1.83. The second kappa shape index (κ2) is 8.12. The van der Waals surface area contributed by atoms with E-state index < -0.39 is 0 Å². The fourth-order valence-corrected chi connectivity index (χ4v) is 2.55. The van der Waals surface area contributed by atoms with Gasteiger partial charge in [0.05, 0.1) is 6.54 Å². The van der Waals surface area contributed by atoms with Crippen LogP contribution in [-0.2, 0) is 17.9 Å². The van der Waals surface area contributed by atoms with E-state index in [9.17, 15) is 4.79 Å². The lowest BCUT2D eigenvalue weighted by atomic mass is 10.1. The van der Waals surface area contributed by atoms with E-state index in [0.29, 0.717) is 13.1 Å². The average molecular weight is 290 g/mol. The first kappa shape index (κ1) is 15.9. The van der Waals surface area contributed by atoms with Crippen LogP contribution in [0.25, 0.3) is 0 Å². The minimum Gasteiger partial charge on any atom is -0.351 e. The molecule has 1 fully saturated rings. The van der Waals surface area contributed by atoms with Crippen LogP contribution in [0.1, 0.15) is 11.1 Å². The van der Waals surface area contributed by atoms with Crippen LogP contribution in [-0.4, -0.2) is 62.5 Å². The van der Waals surface area contributed by atoms with Gasteiger partial charge in [-0.3, -0.25) is 9.69 Å². The molecule has 1 saturated heterocycles. The van der Waals surface area contributed by atoms with Crippen molar-refractivity contribution in [2.75, 3.05) is 46.8 Å². The Morgan fingerprint density at radius 3 is 2.57 bits per heavy atom. The molecule has 5 nitrogen and oxygen atoms in total. The fourth-order valence-electron chi connectivity index (χ4n) is 2.55. The molecule has 0 aliphatic carbocycles. The topological polar surface area (TPSA) is 47.6 Å². The second-order valence-electron chi connectivity index (χ2n) is 5.81. The van der Waals surface area contributed by atoms with Crippen molar-refractivity contribution in [3.05, 3.63) is 35.4 Å². The number of nitrogens with one attached hydrogen (secondary N) is 2. The van der Waals surface area contributed by atoms with Gasteiger partial charge in [-0.2, -0.15) is 0 Å². The zero-order valence-electron chi connectivity index (χ0n) is 13.1. The van der Waals surface area contributed by atoms with Gasteiger partial charge >= 0.3 is 0 Å². The summed E-state index contributed by atoms with van der Waals surface area (Å²) in [4.78, 5) is 16.4. The monoisotopic (exact) mass is 290 g/mol. The van der Waals surface area contributed by atoms with Crippen molar-refractivity contribution < 1.29 is 4.79 Å². The molecule has 21 heavy (non-hydrogen) atoms. The van der Waals surface area contributed by atoms with Crippen molar-refractivity contribution in [3.63, 3.8) is 0 Å². The molecule has 2 N–H and O–H groups in total. The Kier molecular flexibility index (Phi) is 6.17. The van der Waals surface area contributed by atoms with Crippen LogP contribution in [0.4, 0.5) is 0 Å². The van der Waals surface area contributed by atoms with Crippen LogP contribution in [0.2, 0.25) is 0 Å². The van der Waals surface area contributed by atoms with E-state index in [1.54, 1.807) is 0 Å². The normalized spacial score (nSPS) is 16.1. The zero-order chi connectivity index (χ0) is 15.1. The minimum absolute atomic E-state index is 0.108. The van der Waals surface area contributed by atoms with E-state index in [4.69, 9.17) is 0 Å². The summed E-state index contributed by atoms with van der Waals surface area (Å²) in [5, 5.41) is 6.33. The van der Waals surface area contributed by atoms with Gasteiger partial charge in [0.25, 0.3) is 0 Å². The summed E-state index contributed by atoms with van der Waals surface area (Å²) in [6, 6.07) is 8.28. The van der Waals surface area contributed by atoms with Gasteiger partial charge in [0.15, 0.2) is 0 Å². The predicted molar refractivity (Wildman–Crippen MR) is 85.0 cm³/mol. The lowest BCUT2D eigenvalue weighted by Crippen LogP contribution is -2.47. The van der Waals surface area contributed by atoms with E-state index in [2.05, 4.69) is 46.7 Å². The van der Waals surface area contributed by atoms with E-state index in [1.807, 2.05) is 12.1 Å². The summed E-state index contributed by atoms with van der Waals surface area (Å²) < 4.78 is 0. The van der Waals surface area contributed by atoms with Crippen LogP contribution in [0.3, 0.4) is 0 Å². The number of piperazine rings is 1. The molecule has 0 atom stereocenters. The summed E-state index contributed by atoms with van der Waals surface area (Å²) in [7, 11) is 4.11. The second-order valence-corrected chi connectivity index (χ2v) is 5.81. The van der Waals surface area contributed by atoms with Gasteiger partial charge in [0, 0.05) is 39.3 Å². The first-order valence-electron chi connectivity index (χ1n) is 7.56. The van der Waals surface area contributed by atoms with Gasteiger partial charge in [0.1, 0.15) is 0 Å². The lowest BCUT2D eigenvalue weighted by Gasteiger charge is -2.26. The molecule has 5 heteroatoms. The summed E-state index contributed by atoms with van der Waals surface area (Å²) >= 11 is 0. The van der Waals surface area contributed by atoms with Crippen molar-refractivity contribution in [3.8, 4) is 0 Å². The molecule has 1 aliphatic rings. The molecule has 0 saturated carbocycles. The number of benzene rings is 1. The van der Waals surface area contributed by atoms with Gasteiger partial charge < -0.3 is 15.5 Å². The SMILES string of the molecule is CN(C)Cc1ccccc1CNC(=O)CN1CCNCC1. The molecule has 1 heterocycles. The summed E-state index contributed by atoms with van der Waals surface area (Å²) in [6.45, 7) is 5.84. The summed E-state index contributed by atoms with van der Waals surface area (Å²) in [5.41, 5.74) is 2.46. The highest BCUT2D eigenvalue weighted by molar-refractivity contribution is 5.78. The number of hydrogen-bond acceptors (Lipinski definition) is 4. The molecule has 1 amide bonds. The van der Waals surface area contributed by atoms with E-state index >= 15 is 0 Å². The minimum atomic E-state index is 0.108. The number of carbonyl (C=O) groups excluding carboxylic acids is 1. The maximum absolute atomic E-state index is 12.0. The van der Waals surface area contributed by atoms with Gasteiger partial charge in [-0.25, -0.2) is 0 Å². The quantitative estimate of drug-likeness (QED) is 0.789. The fraction of sp³-hybridized carbons (Fsp3) is 0.562. The molecule has 1 aromatic carbocycles.